The molecule has 1 N–H and O–H groups in total. The SMILES string of the molecule is CCn1c(COc2ccc(=O)n(-c3ccccc3)n2)nnc1SCC(=O)Nc1c(C)cccc1C. The average molecular weight is 491 g/mol. The van der Waals surface area contributed by atoms with Crippen LogP contribution < -0.4 is 15.6 Å². The summed E-state index contributed by atoms with van der Waals surface area (Å²) in [6.45, 7) is 6.65. The van der Waals surface area contributed by atoms with Crippen LogP contribution in [-0.2, 0) is 17.9 Å². The number of amides is 1. The molecule has 180 valence electrons. The molecule has 0 atom stereocenters. The zero-order chi connectivity index (χ0) is 24.8. The minimum absolute atomic E-state index is 0.108. The van der Waals surface area contributed by atoms with E-state index in [4.69, 9.17) is 4.74 Å². The summed E-state index contributed by atoms with van der Waals surface area (Å²) in [4.78, 5) is 24.7. The fraction of sp³-hybridized carbons (Fsp3) is 0.240. The molecule has 0 fully saturated rings. The number of hydrogen-bond donors (Lipinski definition) is 1. The minimum atomic E-state index is -0.252. The lowest BCUT2D eigenvalue weighted by molar-refractivity contribution is -0.113. The first-order chi connectivity index (χ1) is 17.0. The predicted molar refractivity (Wildman–Crippen MR) is 135 cm³/mol. The second-order valence-electron chi connectivity index (χ2n) is 7.79. The maximum absolute atomic E-state index is 12.5. The van der Waals surface area contributed by atoms with E-state index < -0.39 is 0 Å². The number of rotatable bonds is 9. The molecule has 9 nitrogen and oxygen atoms in total. The number of benzene rings is 2. The molecule has 10 heteroatoms. The summed E-state index contributed by atoms with van der Waals surface area (Å²) < 4.78 is 8.99. The normalized spacial score (nSPS) is 10.8. The molecule has 0 aliphatic carbocycles. The van der Waals surface area contributed by atoms with Gasteiger partial charge >= 0.3 is 0 Å². The number of carbonyl (C=O) groups is 1. The van der Waals surface area contributed by atoms with E-state index in [1.165, 1.54) is 28.6 Å². The molecule has 0 aliphatic rings. The van der Waals surface area contributed by atoms with Gasteiger partial charge in [-0.05, 0) is 44.0 Å². The lowest BCUT2D eigenvalue weighted by atomic mass is 10.1. The summed E-state index contributed by atoms with van der Waals surface area (Å²) in [7, 11) is 0. The molecule has 4 aromatic rings. The first-order valence-electron chi connectivity index (χ1n) is 11.2. The maximum atomic E-state index is 12.5. The van der Waals surface area contributed by atoms with Crippen LogP contribution in [-0.4, -0.2) is 36.2 Å². The van der Waals surface area contributed by atoms with Crippen molar-refractivity contribution in [3.63, 3.8) is 0 Å². The molecule has 1 amide bonds. The Morgan fingerprint density at radius 1 is 1.00 bits per heavy atom. The second-order valence-corrected chi connectivity index (χ2v) is 8.74. The number of nitrogens with one attached hydrogen (secondary N) is 1. The molecule has 0 aliphatic heterocycles. The number of ether oxygens (including phenoxy) is 1. The minimum Gasteiger partial charge on any atom is -0.468 e. The number of anilines is 1. The third kappa shape index (κ3) is 5.78. The highest BCUT2D eigenvalue weighted by Crippen LogP contribution is 2.22. The van der Waals surface area contributed by atoms with E-state index in [0.29, 0.717) is 29.1 Å². The summed E-state index contributed by atoms with van der Waals surface area (Å²) in [6.07, 6.45) is 0. The molecule has 35 heavy (non-hydrogen) atoms. The lowest BCUT2D eigenvalue weighted by Crippen LogP contribution is -2.20. The van der Waals surface area contributed by atoms with Gasteiger partial charge in [-0.1, -0.05) is 48.2 Å². The van der Waals surface area contributed by atoms with Gasteiger partial charge in [-0.25, -0.2) is 0 Å². The number of thioether (sulfide) groups is 1. The van der Waals surface area contributed by atoms with Gasteiger partial charge in [0.1, 0.15) is 6.61 Å². The molecule has 0 bridgehead atoms. The Labute approximate surface area is 207 Å². The van der Waals surface area contributed by atoms with Gasteiger partial charge in [0.05, 0.1) is 11.4 Å². The molecular weight excluding hydrogens is 464 g/mol. The number of aryl methyl sites for hydroxylation is 2. The lowest BCUT2D eigenvalue weighted by Gasteiger charge is -2.12. The van der Waals surface area contributed by atoms with E-state index in [9.17, 15) is 9.59 Å². The zero-order valence-electron chi connectivity index (χ0n) is 19.8. The number of hydrogen-bond acceptors (Lipinski definition) is 7. The quantitative estimate of drug-likeness (QED) is 0.356. The van der Waals surface area contributed by atoms with E-state index in [-0.39, 0.29) is 23.8 Å². The Morgan fingerprint density at radius 3 is 2.46 bits per heavy atom. The van der Waals surface area contributed by atoms with E-state index in [0.717, 1.165) is 16.8 Å². The van der Waals surface area contributed by atoms with Gasteiger partial charge < -0.3 is 14.6 Å². The van der Waals surface area contributed by atoms with Gasteiger partial charge in [0, 0.05) is 24.4 Å². The van der Waals surface area contributed by atoms with Crippen molar-refractivity contribution < 1.29 is 9.53 Å². The summed E-state index contributed by atoms with van der Waals surface area (Å²) in [6, 6.07) is 18.0. The Hall–Kier alpha value is -3.92. The molecule has 0 spiro atoms. The van der Waals surface area contributed by atoms with Crippen molar-refractivity contribution >= 4 is 23.4 Å². The van der Waals surface area contributed by atoms with E-state index in [2.05, 4.69) is 20.6 Å². The van der Waals surface area contributed by atoms with Crippen LogP contribution in [0.15, 0.2) is 70.6 Å². The van der Waals surface area contributed by atoms with Crippen molar-refractivity contribution in [3.8, 4) is 11.6 Å². The summed E-state index contributed by atoms with van der Waals surface area (Å²) in [5.41, 5.74) is 3.28. The molecule has 4 rings (SSSR count). The largest absolute Gasteiger partial charge is 0.468 e. The molecule has 0 saturated carbocycles. The van der Waals surface area contributed by atoms with Crippen LogP contribution in [0.3, 0.4) is 0 Å². The number of carbonyl (C=O) groups excluding carboxylic acids is 1. The Bertz CT molecular complexity index is 1360. The highest BCUT2D eigenvalue weighted by atomic mass is 32.2. The van der Waals surface area contributed by atoms with Gasteiger partial charge in [-0.3, -0.25) is 9.59 Å². The summed E-state index contributed by atoms with van der Waals surface area (Å²) in [5.74, 6) is 0.991. The standard InChI is InChI=1S/C25H26N6O3S/c1-4-30-20(15-34-22-13-14-23(33)31(29-22)19-11-6-5-7-12-19)27-28-25(30)35-16-21(32)26-24-17(2)9-8-10-18(24)3/h5-14H,4,15-16H2,1-3H3,(H,26,32). The van der Waals surface area contributed by atoms with Gasteiger partial charge in [-0.15, -0.1) is 15.3 Å². The van der Waals surface area contributed by atoms with Crippen LogP contribution in [0.1, 0.15) is 23.9 Å². The second kappa shape index (κ2) is 11.0. The Balaban J connectivity index is 1.40. The third-order valence-corrected chi connectivity index (χ3v) is 6.28. The number of para-hydroxylation sites is 2. The average Bonchev–Trinajstić information content (AvgIpc) is 3.27. The van der Waals surface area contributed by atoms with Crippen molar-refractivity contribution in [2.45, 2.75) is 39.1 Å². The highest BCUT2D eigenvalue weighted by molar-refractivity contribution is 7.99. The fourth-order valence-corrected chi connectivity index (χ4v) is 4.35. The van der Waals surface area contributed by atoms with E-state index >= 15 is 0 Å². The van der Waals surface area contributed by atoms with Crippen LogP contribution in [0.25, 0.3) is 5.69 Å². The highest BCUT2D eigenvalue weighted by Gasteiger charge is 2.15. The molecular formula is C25H26N6O3S. The summed E-state index contributed by atoms with van der Waals surface area (Å²) >= 11 is 1.32. The first kappa shape index (κ1) is 24.2. The van der Waals surface area contributed by atoms with Crippen LogP contribution in [0.5, 0.6) is 5.88 Å². The number of nitrogens with zero attached hydrogens (tertiary/aromatic N) is 5. The predicted octanol–water partition coefficient (Wildman–Crippen LogP) is 3.77. The van der Waals surface area contributed by atoms with Crippen molar-refractivity contribution in [3.05, 3.63) is 88.0 Å². The maximum Gasteiger partial charge on any atom is 0.271 e. The smallest absolute Gasteiger partial charge is 0.271 e. The number of aromatic nitrogens is 5. The van der Waals surface area contributed by atoms with Crippen LogP contribution in [0.2, 0.25) is 0 Å². The van der Waals surface area contributed by atoms with E-state index in [1.54, 1.807) is 12.1 Å². The van der Waals surface area contributed by atoms with Crippen molar-refractivity contribution in [2.24, 2.45) is 0 Å². The molecule has 2 aromatic carbocycles. The molecule has 0 unspecified atom stereocenters. The van der Waals surface area contributed by atoms with Crippen molar-refractivity contribution in [2.75, 3.05) is 11.1 Å². The molecule has 2 heterocycles. The zero-order valence-corrected chi connectivity index (χ0v) is 20.6. The van der Waals surface area contributed by atoms with Gasteiger partial charge in [0.2, 0.25) is 11.8 Å². The van der Waals surface area contributed by atoms with Crippen LogP contribution in [0, 0.1) is 13.8 Å². The first-order valence-corrected chi connectivity index (χ1v) is 12.1. The topological polar surface area (TPSA) is 104 Å². The van der Waals surface area contributed by atoms with Crippen molar-refractivity contribution in [1.82, 2.24) is 24.5 Å². The summed E-state index contributed by atoms with van der Waals surface area (Å²) in [5, 5.41) is 16.4. The van der Waals surface area contributed by atoms with Gasteiger partial charge in [-0.2, -0.15) is 4.68 Å². The monoisotopic (exact) mass is 490 g/mol. The van der Waals surface area contributed by atoms with Crippen LogP contribution >= 0.6 is 11.8 Å². The molecule has 0 saturated heterocycles. The van der Waals surface area contributed by atoms with Gasteiger partial charge in [0.15, 0.2) is 11.0 Å². The Morgan fingerprint density at radius 2 is 1.74 bits per heavy atom. The third-order valence-electron chi connectivity index (χ3n) is 5.31. The molecule has 0 radical (unpaired) electrons. The van der Waals surface area contributed by atoms with Crippen LogP contribution in [0.4, 0.5) is 5.69 Å². The molecule has 2 aromatic heterocycles. The van der Waals surface area contributed by atoms with E-state index in [1.807, 2.05) is 61.7 Å². The van der Waals surface area contributed by atoms with Crippen molar-refractivity contribution in [1.29, 1.82) is 0 Å². The Kier molecular flexibility index (Phi) is 7.61. The van der Waals surface area contributed by atoms with Gasteiger partial charge in [0.25, 0.3) is 5.56 Å². The fourth-order valence-electron chi connectivity index (χ4n) is 3.53.